The molecule has 0 aliphatic heterocycles. The smallest absolute Gasteiger partial charge is 0.418 e. The fraction of sp³-hybridized carbons (Fsp3) is 0.455. The lowest BCUT2D eigenvalue weighted by Crippen LogP contribution is -2.27. The summed E-state index contributed by atoms with van der Waals surface area (Å²) in [5, 5.41) is 0. The predicted molar refractivity (Wildman–Crippen MR) is 105 cm³/mol. The summed E-state index contributed by atoms with van der Waals surface area (Å²) in [5.74, 6) is 0.945. The van der Waals surface area contributed by atoms with E-state index >= 15 is 0 Å². The summed E-state index contributed by atoms with van der Waals surface area (Å²) in [4.78, 5) is 1.79. The first-order valence-corrected chi connectivity index (χ1v) is 9.48. The molecule has 0 amide bonds. The molecular weight excluding hydrogens is 351 g/mol. The van der Waals surface area contributed by atoms with E-state index in [4.69, 9.17) is 4.74 Å². The van der Waals surface area contributed by atoms with Gasteiger partial charge in [-0.3, -0.25) is 0 Å². The third-order valence-electron chi connectivity index (χ3n) is 4.85. The number of halogens is 3. The number of para-hydroxylation sites is 1. The van der Waals surface area contributed by atoms with E-state index in [1.807, 2.05) is 12.1 Å². The van der Waals surface area contributed by atoms with Gasteiger partial charge in [-0.25, -0.2) is 0 Å². The summed E-state index contributed by atoms with van der Waals surface area (Å²) in [6, 6.07) is 13.0. The zero-order valence-electron chi connectivity index (χ0n) is 16.2. The van der Waals surface area contributed by atoms with E-state index < -0.39 is 11.7 Å². The second kappa shape index (κ2) is 9.67. The van der Waals surface area contributed by atoms with Crippen LogP contribution in [0.2, 0.25) is 0 Å². The highest BCUT2D eigenvalue weighted by molar-refractivity contribution is 5.68. The zero-order chi connectivity index (χ0) is 19.9. The molecule has 0 heterocycles. The molecule has 2 nitrogen and oxygen atoms in total. The fourth-order valence-corrected chi connectivity index (χ4v) is 3.25. The Hall–Kier alpha value is -2.17. The molecule has 0 saturated carbocycles. The zero-order valence-corrected chi connectivity index (χ0v) is 16.2. The molecule has 27 heavy (non-hydrogen) atoms. The molecule has 2 aromatic rings. The Morgan fingerprint density at radius 2 is 1.78 bits per heavy atom. The molecule has 0 aliphatic rings. The third-order valence-corrected chi connectivity index (χ3v) is 4.85. The van der Waals surface area contributed by atoms with Crippen molar-refractivity contribution in [3.05, 3.63) is 54.1 Å². The highest BCUT2D eigenvalue weighted by atomic mass is 19.4. The van der Waals surface area contributed by atoms with Crippen molar-refractivity contribution < 1.29 is 17.9 Å². The molecule has 0 fully saturated rings. The second-order valence-electron chi connectivity index (χ2n) is 6.74. The quantitative estimate of drug-likeness (QED) is 0.462. The van der Waals surface area contributed by atoms with Crippen LogP contribution in [0.3, 0.4) is 0 Å². The Kier molecular flexibility index (Phi) is 7.57. The van der Waals surface area contributed by atoms with E-state index in [0.29, 0.717) is 23.9 Å². The highest BCUT2D eigenvalue weighted by Gasteiger charge is 2.35. The first-order chi connectivity index (χ1) is 12.9. The molecule has 148 valence electrons. The summed E-state index contributed by atoms with van der Waals surface area (Å²) >= 11 is 0. The number of anilines is 2. The van der Waals surface area contributed by atoms with Crippen LogP contribution in [0.25, 0.3) is 0 Å². The minimum Gasteiger partial charge on any atom is -0.497 e. The summed E-state index contributed by atoms with van der Waals surface area (Å²) in [5.41, 5.74) is 0.285. The molecule has 5 heteroatoms. The van der Waals surface area contributed by atoms with Crippen LogP contribution in [0.5, 0.6) is 5.75 Å². The highest BCUT2D eigenvalue weighted by Crippen LogP contribution is 2.40. The maximum absolute atomic E-state index is 13.6. The van der Waals surface area contributed by atoms with Crippen LogP contribution in [-0.4, -0.2) is 13.7 Å². The number of benzene rings is 2. The molecule has 2 rings (SSSR count). The summed E-state index contributed by atoms with van der Waals surface area (Å²) in [7, 11) is 1.56. The van der Waals surface area contributed by atoms with E-state index in [1.54, 1.807) is 36.3 Å². The lowest BCUT2D eigenvalue weighted by molar-refractivity contribution is -0.137. The van der Waals surface area contributed by atoms with Crippen molar-refractivity contribution in [3.63, 3.8) is 0 Å². The van der Waals surface area contributed by atoms with Crippen molar-refractivity contribution >= 4 is 11.4 Å². The van der Waals surface area contributed by atoms with Gasteiger partial charge in [0.25, 0.3) is 0 Å². The van der Waals surface area contributed by atoms with Crippen LogP contribution in [-0.2, 0) is 6.18 Å². The average molecular weight is 379 g/mol. The number of ether oxygens (including phenoxy) is 1. The molecule has 0 N–H and O–H groups in total. The normalized spacial score (nSPS) is 12.7. The molecule has 1 unspecified atom stereocenters. The van der Waals surface area contributed by atoms with E-state index in [9.17, 15) is 13.2 Å². The summed E-state index contributed by atoms with van der Waals surface area (Å²) < 4.78 is 46.2. The molecule has 0 aliphatic carbocycles. The van der Waals surface area contributed by atoms with E-state index in [1.165, 1.54) is 6.07 Å². The minimum absolute atomic E-state index is 0.188. The largest absolute Gasteiger partial charge is 0.497 e. The number of rotatable bonds is 9. The maximum atomic E-state index is 13.6. The van der Waals surface area contributed by atoms with Gasteiger partial charge >= 0.3 is 6.18 Å². The van der Waals surface area contributed by atoms with Crippen molar-refractivity contribution in [2.45, 2.75) is 45.7 Å². The van der Waals surface area contributed by atoms with Crippen molar-refractivity contribution in [2.75, 3.05) is 18.6 Å². The van der Waals surface area contributed by atoms with Crippen LogP contribution in [0, 0.1) is 5.92 Å². The van der Waals surface area contributed by atoms with Crippen molar-refractivity contribution in [2.24, 2.45) is 5.92 Å². The van der Waals surface area contributed by atoms with Gasteiger partial charge in [0.2, 0.25) is 0 Å². The van der Waals surface area contributed by atoms with Gasteiger partial charge in [-0.2, -0.15) is 13.2 Å². The maximum Gasteiger partial charge on any atom is 0.418 e. The fourth-order valence-electron chi connectivity index (χ4n) is 3.25. The summed E-state index contributed by atoms with van der Waals surface area (Å²) in [6.45, 7) is 4.77. The molecule has 0 bridgehead atoms. The molecule has 0 saturated heterocycles. The van der Waals surface area contributed by atoms with Crippen LogP contribution in [0.15, 0.2) is 48.5 Å². The first kappa shape index (κ1) is 21.1. The van der Waals surface area contributed by atoms with Gasteiger partial charge in [-0.05, 0) is 36.6 Å². The molecule has 1 atom stereocenters. The van der Waals surface area contributed by atoms with Crippen LogP contribution in [0.4, 0.5) is 24.5 Å². The van der Waals surface area contributed by atoms with Crippen molar-refractivity contribution in [1.29, 1.82) is 0 Å². The van der Waals surface area contributed by atoms with Gasteiger partial charge in [-0.15, -0.1) is 0 Å². The molecule has 0 aromatic heterocycles. The lowest BCUT2D eigenvalue weighted by Gasteiger charge is -2.31. The molecule has 0 radical (unpaired) electrons. The van der Waals surface area contributed by atoms with Crippen molar-refractivity contribution in [3.8, 4) is 5.75 Å². The number of methoxy groups -OCH3 is 1. The number of unbranched alkanes of at least 4 members (excludes halogenated alkanes) is 1. The van der Waals surface area contributed by atoms with Gasteiger partial charge in [0.05, 0.1) is 18.4 Å². The molecular formula is C22H28F3NO. The van der Waals surface area contributed by atoms with E-state index in [0.717, 1.165) is 31.7 Å². The van der Waals surface area contributed by atoms with Gasteiger partial charge in [0.1, 0.15) is 5.75 Å². The predicted octanol–water partition coefficient (Wildman–Crippen LogP) is 7.07. The van der Waals surface area contributed by atoms with Crippen LogP contribution in [0.1, 0.15) is 45.1 Å². The monoisotopic (exact) mass is 379 g/mol. The van der Waals surface area contributed by atoms with E-state index in [-0.39, 0.29) is 5.69 Å². The van der Waals surface area contributed by atoms with Gasteiger partial charge in [0, 0.05) is 18.3 Å². The molecule has 2 aromatic carbocycles. The minimum atomic E-state index is -4.40. The van der Waals surface area contributed by atoms with Crippen molar-refractivity contribution in [1.82, 2.24) is 0 Å². The topological polar surface area (TPSA) is 12.5 Å². The number of alkyl halides is 3. The van der Waals surface area contributed by atoms with Gasteiger partial charge in [-0.1, -0.05) is 51.3 Å². The SMILES string of the molecule is CCCCC(CC)CN(c1cccc(OC)c1)c1ccccc1C(F)(F)F. The van der Waals surface area contributed by atoms with Gasteiger partial charge < -0.3 is 9.64 Å². The van der Waals surface area contributed by atoms with Crippen LogP contribution < -0.4 is 9.64 Å². The Labute approximate surface area is 160 Å². The first-order valence-electron chi connectivity index (χ1n) is 9.48. The third kappa shape index (κ3) is 5.65. The second-order valence-corrected chi connectivity index (χ2v) is 6.74. The standard InChI is InChI=1S/C22H28F3NO/c1-4-6-10-17(5-2)16-26(18-11-9-12-19(15-18)27-3)21-14-8-7-13-20(21)22(23,24)25/h7-9,11-15,17H,4-6,10,16H2,1-3H3. The Morgan fingerprint density at radius 3 is 2.41 bits per heavy atom. The number of hydrogen-bond acceptors (Lipinski definition) is 2. The van der Waals surface area contributed by atoms with Gasteiger partial charge in [0.15, 0.2) is 0 Å². The Balaban J connectivity index is 2.50. The number of nitrogens with zero attached hydrogens (tertiary/aromatic N) is 1. The Morgan fingerprint density at radius 1 is 1.04 bits per heavy atom. The number of hydrogen-bond donors (Lipinski definition) is 0. The molecule has 0 spiro atoms. The summed E-state index contributed by atoms with van der Waals surface area (Å²) in [6.07, 6.45) is -0.324. The Bertz CT molecular complexity index is 715. The van der Waals surface area contributed by atoms with E-state index in [2.05, 4.69) is 13.8 Å². The average Bonchev–Trinajstić information content (AvgIpc) is 2.67. The van der Waals surface area contributed by atoms with Crippen LogP contribution >= 0.6 is 0 Å². The lowest BCUT2D eigenvalue weighted by atomic mass is 9.97.